The molecule has 1 aliphatic heterocycles. The molecule has 0 unspecified atom stereocenters. The van der Waals surface area contributed by atoms with Gasteiger partial charge in [0.25, 0.3) is 0 Å². The number of nitrogens with one attached hydrogen (secondary N) is 2. The summed E-state index contributed by atoms with van der Waals surface area (Å²) in [6.45, 7) is 0.546. The first-order valence-electron chi connectivity index (χ1n) is 6.62. The van der Waals surface area contributed by atoms with Crippen molar-refractivity contribution in [3.05, 3.63) is 59.4 Å². The maximum Gasteiger partial charge on any atom is 0.224 e. The van der Waals surface area contributed by atoms with Crippen molar-refractivity contribution in [2.24, 2.45) is 0 Å². The number of carbonyl (C=O) groups excluding carboxylic acids is 1. The van der Waals surface area contributed by atoms with Gasteiger partial charge in [-0.2, -0.15) is 0 Å². The van der Waals surface area contributed by atoms with Crippen molar-refractivity contribution < 1.29 is 9.18 Å². The van der Waals surface area contributed by atoms with Crippen molar-refractivity contribution in [2.45, 2.75) is 19.4 Å². The van der Waals surface area contributed by atoms with Crippen LogP contribution in [-0.2, 0) is 17.8 Å². The topological polar surface area (TPSA) is 41.1 Å². The third kappa shape index (κ3) is 2.64. The molecule has 0 radical (unpaired) electrons. The number of benzene rings is 2. The second kappa shape index (κ2) is 5.33. The van der Waals surface area contributed by atoms with Crippen LogP contribution in [0.25, 0.3) is 0 Å². The standard InChI is InChI=1S/C16H15FN2O/c17-13-8-12-6-7-16(20)19-14(12)9-15(13)18-10-11-4-2-1-3-5-11/h1-5,8-9,18H,6-7,10H2,(H,19,20). The summed E-state index contributed by atoms with van der Waals surface area (Å²) in [5.41, 5.74) is 3.05. The summed E-state index contributed by atoms with van der Waals surface area (Å²) in [4.78, 5) is 11.4. The summed E-state index contributed by atoms with van der Waals surface area (Å²) in [5.74, 6) is -0.297. The molecule has 102 valence electrons. The minimum atomic E-state index is -0.282. The predicted molar refractivity (Wildman–Crippen MR) is 77.1 cm³/mol. The summed E-state index contributed by atoms with van der Waals surface area (Å²) in [7, 11) is 0. The molecule has 0 bridgehead atoms. The summed E-state index contributed by atoms with van der Waals surface area (Å²) < 4.78 is 14.0. The Labute approximate surface area is 116 Å². The minimum Gasteiger partial charge on any atom is -0.379 e. The zero-order chi connectivity index (χ0) is 13.9. The highest BCUT2D eigenvalue weighted by Gasteiger charge is 2.17. The number of hydrogen-bond acceptors (Lipinski definition) is 2. The smallest absolute Gasteiger partial charge is 0.224 e. The number of fused-ring (bicyclic) bond motifs is 1. The van der Waals surface area contributed by atoms with Crippen LogP contribution in [0.15, 0.2) is 42.5 Å². The van der Waals surface area contributed by atoms with E-state index in [-0.39, 0.29) is 11.7 Å². The fourth-order valence-corrected chi connectivity index (χ4v) is 2.33. The largest absolute Gasteiger partial charge is 0.379 e. The number of anilines is 2. The van der Waals surface area contributed by atoms with Crippen LogP contribution in [0.4, 0.5) is 15.8 Å². The second-order valence-corrected chi connectivity index (χ2v) is 4.88. The molecule has 0 atom stereocenters. The Morgan fingerprint density at radius 1 is 1.15 bits per heavy atom. The first-order chi connectivity index (χ1) is 9.72. The number of rotatable bonds is 3. The van der Waals surface area contributed by atoms with Crippen LogP contribution in [0.2, 0.25) is 0 Å². The molecule has 0 saturated heterocycles. The highest BCUT2D eigenvalue weighted by Crippen LogP contribution is 2.28. The average molecular weight is 270 g/mol. The summed E-state index contributed by atoms with van der Waals surface area (Å²) in [6.07, 6.45) is 1.01. The maximum absolute atomic E-state index is 14.0. The molecule has 3 rings (SSSR count). The van der Waals surface area contributed by atoms with Gasteiger partial charge in [-0.15, -0.1) is 0 Å². The lowest BCUT2D eigenvalue weighted by atomic mass is 10.0. The molecule has 0 fully saturated rings. The summed E-state index contributed by atoms with van der Waals surface area (Å²) in [6, 6.07) is 13.0. The first-order valence-corrected chi connectivity index (χ1v) is 6.62. The molecule has 2 aromatic carbocycles. The Balaban J connectivity index is 1.80. The third-order valence-electron chi connectivity index (χ3n) is 3.41. The SMILES string of the molecule is O=C1CCc2cc(F)c(NCc3ccccc3)cc2N1. The van der Waals surface area contributed by atoms with E-state index in [1.165, 1.54) is 6.07 Å². The zero-order valence-corrected chi connectivity index (χ0v) is 10.9. The predicted octanol–water partition coefficient (Wildman–Crippen LogP) is 3.32. The second-order valence-electron chi connectivity index (χ2n) is 4.88. The Morgan fingerprint density at radius 3 is 2.75 bits per heavy atom. The number of carbonyl (C=O) groups is 1. The quantitative estimate of drug-likeness (QED) is 0.898. The molecule has 2 aromatic rings. The number of aryl methyl sites for hydroxylation is 1. The van der Waals surface area contributed by atoms with Crippen molar-refractivity contribution in [3.63, 3.8) is 0 Å². The molecule has 2 N–H and O–H groups in total. The van der Waals surface area contributed by atoms with E-state index < -0.39 is 0 Å². The van der Waals surface area contributed by atoms with Gasteiger partial charge in [0.1, 0.15) is 5.82 Å². The van der Waals surface area contributed by atoms with E-state index >= 15 is 0 Å². The lowest BCUT2D eigenvalue weighted by Gasteiger charge is -2.18. The number of halogens is 1. The van der Waals surface area contributed by atoms with E-state index in [4.69, 9.17) is 0 Å². The molecule has 0 aromatic heterocycles. The van der Waals surface area contributed by atoms with Crippen molar-refractivity contribution >= 4 is 17.3 Å². The highest BCUT2D eigenvalue weighted by atomic mass is 19.1. The number of hydrogen-bond donors (Lipinski definition) is 2. The van der Waals surface area contributed by atoms with Crippen LogP contribution >= 0.6 is 0 Å². The molecule has 1 heterocycles. The van der Waals surface area contributed by atoms with Crippen LogP contribution in [-0.4, -0.2) is 5.91 Å². The minimum absolute atomic E-state index is 0.0156. The maximum atomic E-state index is 14.0. The molecule has 0 spiro atoms. The van der Waals surface area contributed by atoms with Gasteiger partial charge in [0.15, 0.2) is 0 Å². The normalized spacial score (nSPS) is 13.6. The first kappa shape index (κ1) is 12.7. The molecule has 0 aliphatic carbocycles. The molecule has 3 nitrogen and oxygen atoms in total. The Hall–Kier alpha value is -2.36. The van der Waals surface area contributed by atoms with E-state index in [9.17, 15) is 9.18 Å². The summed E-state index contributed by atoms with van der Waals surface area (Å²) in [5, 5.41) is 5.85. The van der Waals surface area contributed by atoms with Gasteiger partial charge >= 0.3 is 0 Å². The Bertz CT molecular complexity index is 640. The third-order valence-corrected chi connectivity index (χ3v) is 3.41. The van der Waals surface area contributed by atoms with E-state index in [1.807, 2.05) is 30.3 Å². The number of amides is 1. The molecule has 1 amide bonds. The van der Waals surface area contributed by atoms with Gasteiger partial charge in [0.2, 0.25) is 5.91 Å². The fraction of sp³-hybridized carbons (Fsp3) is 0.188. The lowest BCUT2D eigenvalue weighted by molar-refractivity contribution is -0.116. The van der Waals surface area contributed by atoms with E-state index in [1.54, 1.807) is 6.07 Å². The van der Waals surface area contributed by atoms with Crippen molar-refractivity contribution in [3.8, 4) is 0 Å². The molecule has 0 saturated carbocycles. The van der Waals surface area contributed by atoms with Crippen LogP contribution in [0.5, 0.6) is 0 Å². The zero-order valence-electron chi connectivity index (χ0n) is 10.9. The van der Waals surface area contributed by atoms with E-state index in [2.05, 4.69) is 10.6 Å². The van der Waals surface area contributed by atoms with Gasteiger partial charge in [-0.3, -0.25) is 4.79 Å². The lowest BCUT2D eigenvalue weighted by Crippen LogP contribution is -2.19. The van der Waals surface area contributed by atoms with Gasteiger partial charge in [-0.05, 0) is 29.7 Å². The van der Waals surface area contributed by atoms with Crippen LogP contribution < -0.4 is 10.6 Å². The van der Waals surface area contributed by atoms with Crippen LogP contribution in [0, 0.1) is 5.82 Å². The monoisotopic (exact) mass is 270 g/mol. The fourth-order valence-electron chi connectivity index (χ4n) is 2.33. The van der Waals surface area contributed by atoms with Crippen molar-refractivity contribution in [2.75, 3.05) is 10.6 Å². The van der Waals surface area contributed by atoms with Gasteiger partial charge < -0.3 is 10.6 Å². The van der Waals surface area contributed by atoms with Crippen molar-refractivity contribution in [1.82, 2.24) is 0 Å². The summed E-state index contributed by atoms with van der Waals surface area (Å²) >= 11 is 0. The Kier molecular flexibility index (Phi) is 3.37. The molecule has 1 aliphatic rings. The van der Waals surface area contributed by atoms with Gasteiger partial charge in [-0.1, -0.05) is 30.3 Å². The van der Waals surface area contributed by atoms with Gasteiger partial charge in [0.05, 0.1) is 5.69 Å². The average Bonchev–Trinajstić information content (AvgIpc) is 2.46. The van der Waals surface area contributed by atoms with Gasteiger partial charge in [0, 0.05) is 18.7 Å². The van der Waals surface area contributed by atoms with Gasteiger partial charge in [-0.25, -0.2) is 4.39 Å². The Morgan fingerprint density at radius 2 is 1.95 bits per heavy atom. The highest BCUT2D eigenvalue weighted by molar-refractivity contribution is 5.94. The molecule has 20 heavy (non-hydrogen) atoms. The molecule has 4 heteroatoms. The van der Waals surface area contributed by atoms with Crippen molar-refractivity contribution in [1.29, 1.82) is 0 Å². The van der Waals surface area contributed by atoms with Crippen LogP contribution in [0.1, 0.15) is 17.5 Å². The van der Waals surface area contributed by atoms with E-state index in [0.717, 1.165) is 11.1 Å². The molecular weight excluding hydrogens is 255 g/mol. The van der Waals surface area contributed by atoms with E-state index in [0.29, 0.717) is 30.8 Å². The van der Waals surface area contributed by atoms with Crippen LogP contribution in [0.3, 0.4) is 0 Å². The molecular formula is C16H15FN2O.